The molecule has 0 N–H and O–H groups in total. The van der Waals surface area contributed by atoms with Gasteiger partial charge in [0.1, 0.15) is 5.76 Å². The molecule has 0 unspecified atom stereocenters. The van der Waals surface area contributed by atoms with E-state index in [0.29, 0.717) is 6.04 Å². The maximum Gasteiger partial charge on any atom is 0.144 e. The summed E-state index contributed by atoms with van der Waals surface area (Å²) in [6.07, 6.45) is 3.38. The first kappa shape index (κ1) is 7.06. The smallest absolute Gasteiger partial charge is 0.144 e. The van der Waals surface area contributed by atoms with Gasteiger partial charge in [0.2, 0.25) is 0 Å². The number of furan rings is 1. The van der Waals surface area contributed by atoms with Gasteiger partial charge in [-0.3, -0.25) is 4.99 Å². The van der Waals surface area contributed by atoms with Gasteiger partial charge in [-0.25, -0.2) is 0 Å². The monoisotopic (exact) mass is 137 g/mol. The molecule has 0 spiro atoms. The van der Waals surface area contributed by atoms with Crippen molar-refractivity contribution in [3.8, 4) is 0 Å². The predicted molar refractivity (Wildman–Crippen MR) is 41.4 cm³/mol. The van der Waals surface area contributed by atoms with E-state index in [0.717, 1.165) is 5.76 Å². The van der Waals surface area contributed by atoms with E-state index in [-0.39, 0.29) is 0 Å². The summed E-state index contributed by atoms with van der Waals surface area (Å²) in [7, 11) is 0. The molecule has 1 aromatic rings. The third-order valence-electron chi connectivity index (χ3n) is 1.04. The van der Waals surface area contributed by atoms with Crippen LogP contribution in [0.5, 0.6) is 0 Å². The first-order chi connectivity index (χ1) is 4.79. The number of rotatable bonds is 2. The fraction of sp³-hybridized carbons (Fsp3) is 0.375. The van der Waals surface area contributed by atoms with Crippen molar-refractivity contribution in [3.63, 3.8) is 0 Å². The van der Waals surface area contributed by atoms with E-state index in [2.05, 4.69) is 4.99 Å². The van der Waals surface area contributed by atoms with Crippen molar-refractivity contribution in [3.05, 3.63) is 24.2 Å². The first-order valence-electron chi connectivity index (χ1n) is 3.35. The molecular formula is C8H11NO. The molecule has 54 valence electrons. The molecule has 2 nitrogen and oxygen atoms in total. The standard InChI is InChI=1S/C8H11NO/c1-7(2)9-6-8-4-3-5-10-8/h3-7H,1-2H3/b9-6+. The van der Waals surface area contributed by atoms with Crippen LogP contribution in [0, 0.1) is 0 Å². The average Bonchev–Trinajstić information content (AvgIpc) is 2.34. The third-order valence-corrected chi connectivity index (χ3v) is 1.04. The lowest BCUT2D eigenvalue weighted by molar-refractivity contribution is 0.559. The van der Waals surface area contributed by atoms with Gasteiger partial charge >= 0.3 is 0 Å². The van der Waals surface area contributed by atoms with E-state index in [4.69, 9.17) is 4.42 Å². The highest BCUT2D eigenvalue weighted by Crippen LogP contribution is 1.96. The minimum Gasteiger partial charge on any atom is -0.463 e. The number of hydrogen-bond acceptors (Lipinski definition) is 2. The van der Waals surface area contributed by atoms with Gasteiger partial charge < -0.3 is 4.42 Å². The lowest BCUT2D eigenvalue weighted by Crippen LogP contribution is -1.88. The van der Waals surface area contributed by atoms with E-state index in [9.17, 15) is 0 Å². The van der Waals surface area contributed by atoms with Gasteiger partial charge in [-0.2, -0.15) is 0 Å². The van der Waals surface area contributed by atoms with Gasteiger partial charge in [0.05, 0.1) is 12.5 Å². The number of aliphatic imine (C=N–C) groups is 1. The molecule has 0 bridgehead atoms. The van der Waals surface area contributed by atoms with Gasteiger partial charge in [0.15, 0.2) is 0 Å². The lowest BCUT2D eigenvalue weighted by Gasteiger charge is -1.90. The van der Waals surface area contributed by atoms with E-state index in [1.165, 1.54) is 0 Å². The molecule has 0 aliphatic carbocycles. The fourth-order valence-corrected chi connectivity index (χ4v) is 0.587. The summed E-state index contributed by atoms with van der Waals surface area (Å²) in [4.78, 5) is 4.15. The van der Waals surface area contributed by atoms with Crippen LogP contribution in [0.25, 0.3) is 0 Å². The number of hydrogen-bond donors (Lipinski definition) is 0. The van der Waals surface area contributed by atoms with Crippen molar-refractivity contribution in [1.82, 2.24) is 0 Å². The molecule has 0 amide bonds. The summed E-state index contributed by atoms with van der Waals surface area (Å²) < 4.78 is 5.03. The summed E-state index contributed by atoms with van der Waals surface area (Å²) in [6.45, 7) is 4.05. The van der Waals surface area contributed by atoms with Crippen molar-refractivity contribution in [2.75, 3.05) is 0 Å². The van der Waals surface area contributed by atoms with Gasteiger partial charge in [0.25, 0.3) is 0 Å². The van der Waals surface area contributed by atoms with E-state index < -0.39 is 0 Å². The van der Waals surface area contributed by atoms with Crippen LogP contribution < -0.4 is 0 Å². The zero-order chi connectivity index (χ0) is 7.40. The van der Waals surface area contributed by atoms with Gasteiger partial charge in [-0.05, 0) is 26.0 Å². The Bertz CT molecular complexity index is 199. The van der Waals surface area contributed by atoms with Crippen molar-refractivity contribution >= 4 is 6.21 Å². The van der Waals surface area contributed by atoms with Crippen LogP contribution in [0.4, 0.5) is 0 Å². The van der Waals surface area contributed by atoms with E-state index in [1.807, 2.05) is 26.0 Å². The highest BCUT2D eigenvalue weighted by molar-refractivity contribution is 5.75. The minimum atomic E-state index is 0.338. The molecule has 1 rings (SSSR count). The second-order valence-corrected chi connectivity index (χ2v) is 2.39. The quantitative estimate of drug-likeness (QED) is 0.573. The van der Waals surface area contributed by atoms with E-state index in [1.54, 1.807) is 12.5 Å². The summed E-state index contributed by atoms with van der Waals surface area (Å²) in [5.41, 5.74) is 0. The molecule has 0 saturated carbocycles. The largest absolute Gasteiger partial charge is 0.463 e. The maximum absolute atomic E-state index is 5.03. The highest BCUT2D eigenvalue weighted by Gasteiger charge is 1.88. The predicted octanol–water partition coefficient (Wildman–Crippen LogP) is 2.11. The van der Waals surface area contributed by atoms with Crippen molar-refractivity contribution < 1.29 is 4.42 Å². The van der Waals surface area contributed by atoms with Gasteiger partial charge in [0, 0.05) is 6.04 Å². The SMILES string of the molecule is CC(C)/N=C/c1ccco1. The normalized spacial score (nSPS) is 11.5. The van der Waals surface area contributed by atoms with Gasteiger partial charge in [-0.15, -0.1) is 0 Å². The van der Waals surface area contributed by atoms with Crippen LogP contribution in [0.1, 0.15) is 19.6 Å². The Morgan fingerprint density at radius 1 is 1.60 bits per heavy atom. The second-order valence-electron chi connectivity index (χ2n) is 2.39. The van der Waals surface area contributed by atoms with E-state index >= 15 is 0 Å². The number of nitrogens with zero attached hydrogens (tertiary/aromatic N) is 1. The van der Waals surface area contributed by atoms with Crippen LogP contribution in [-0.2, 0) is 0 Å². The molecule has 0 atom stereocenters. The Labute approximate surface area is 60.6 Å². The molecule has 0 radical (unpaired) electrons. The van der Waals surface area contributed by atoms with Crippen molar-refractivity contribution in [2.24, 2.45) is 4.99 Å². The van der Waals surface area contributed by atoms with Gasteiger partial charge in [-0.1, -0.05) is 0 Å². The molecule has 1 aromatic heterocycles. The van der Waals surface area contributed by atoms with Crippen molar-refractivity contribution in [2.45, 2.75) is 19.9 Å². The topological polar surface area (TPSA) is 25.5 Å². The average molecular weight is 137 g/mol. The minimum absolute atomic E-state index is 0.338. The molecular weight excluding hydrogens is 126 g/mol. The highest BCUT2D eigenvalue weighted by atomic mass is 16.3. The molecule has 0 aliphatic heterocycles. The second kappa shape index (κ2) is 3.20. The first-order valence-corrected chi connectivity index (χ1v) is 3.35. The summed E-state index contributed by atoms with van der Waals surface area (Å²) in [5, 5.41) is 0. The molecule has 0 saturated heterocycles. The Balaban J connectivity index is 2.55. The summed E-state index contributed by atoms with van der Waals surface area (Å²) in [6, 6.07) is 4.07. The van der Waals surface area contributed by atoms with Crippen LogP contribution in [-0.4, -0.2) is 12.3 Å². The molecule has 10 heavy (non-hydrogen) atoms. The Kier molecular flexibility index (Phi) is 2.26. The molecule has 2 heteroatoms. The molecule has 0 aromatic carbocycles. The van der Waals surface area contributed by atoms with Crippen LogP contribution in [0.2, 0.25) is 0 Å². The zero-order valence-electron chi connectivity index (χ0n) is 6.24. The zero-order valence-corrected chi connectivity index (χ0v) is 6.24. The maximum atomic E-state index is 5.03. The molecule has 1 heterocycles. The van der Waals surface area contributed by atoms with Crippen LogP contribution in [0.15, 0.2) is 27.8 Å². The summed E-state index contributed by atoms with van der Waals surface area (Å²) >= 11 is 0. The molecule has 0 aliphatic rings. The van der Waals surface area contributed by atoms with Crippen LogP contribution in [0.3, 0.4) is 0 Å². The Hall–Kier alpha value is -1.05. The Morgan fingerprint density at radius 3 is 2.90 bits per heavy atom. The molecule has 0 fully saturated rings. The fourth-order valence-electron chi connectivity index (χ4n) is 0.587. The third kappa shape index (κ3) is 2.05. The van der Waals surface area contributed by atoms with Crippen molar-refractivity contribution in [1.29, 1.82) is 0 Å². The van der Waals surface area contributed by atoms with Crippen LogP contribution >= 0.6 is 0 Å². The summed E-state index contributed by atoms with van der Waals surface area (Å²) in [5.74, 6) is 0.814. The lowest BCUT2D eigenvalue weighted by atomic mass is 10.4. The Morgan fingerprint density at radius 2 is 2.40 bits per heavy atom.